The minimum Gasteiger partial charge on any atom is -0.496 e. The molecule has 1 fully saturated rings. The average Bonchev–Trinajstić information content (AvgIpc) is 2.62. The van der Waals surface area contributed by atoms with Crippen LogP contribution >= 0.6 is 0 Å². The SMILES string of the molecule is CCN(CC)C(=O)C[C@@]1(c2ccccc2OC)CCO[C@H](C(C)C)C1. The van der Waals surface area contributed by atoms with E-state index in [0.717, 1.165) is 37.2 Å². The summed E-state index contributed by atoms with van der Waals surface area (Å²) in [7, 11) is 1.71. The summed E-state index contributed by atoms with van der Waals surface area (Å²) in [6, 6.07) is 8.15. The molecule has 0 radical (unpaired) electrons. The molecule has 1 aliphatic rings. The van der Waals surface area contributed by atoms with Crippen LogP contribution in [0.5, 0.6) is 5.75 Å². The molecule has 1 amide bonds. The first-order chi connectivity index (χ1) is 12.0. The molecular formula is C21H33NO3. The van der Waals surface area contributed by atoms with E-state index in [-0.39, 0.29) is 17.4 Å². The molecular weight excluding hydrogens is 314 g/mol. The molecule has 1 aromatic rings. The van der Waals surface area contributed by atoms with Gasteiger partial charge in [0.2, 0.25) is 5.91 Å². The van der Waals surface area contributed by atoms with Crippen molar-refractivity contribution in [1.29, 1.82) is 0 Å². The molecule has 0 saturated carbocycles. The van der Waals surface area contributed by atoms with Crippen molar-refractivity contribution in [2.75, 3.05) is 26.8 Å². The Hall–Kier alpha value is -1.55. The van der Waals surface area contributed by atoms with Crippen molar-refractivity contribution in [2.45, 2.75) is 58.5 Å². The highest BCUT2D eigenvalue weighted by molar-refractivity contribution is 5.78. The molecule has 0 aliphatic carbocycles. The van der Waals surface area contributed by atoms with Gasteiger partial charge in [-0.3, -0.25) is 4.79 Å². The Bertz CT molecular complexity index is 568. The minimum atomic E-state index is -0.223. The van der Waals surface area contributed by atoms with E-state index in [0.29, 0.717) is 18.9 Å². The number of benzene rings is 1. The monoisotopic (exact) mass is 347 g/mol. The Morgan fingerprint density at radius 2 is 2.00 bits per heavy atom. The lowest BCUT2D eigenvalue weighted by Gasteiger charge is -2.43. The largest absolute Gasteiger partial charge is 0.496 e. The number of carbonyl (C=O) groups is 1. The maximum atomic E-state index is 13.0. The van der Waals surface area contributed by atoms with Crippen LogP contribution in [-0.2, 0) is 14.9 Å². The summed E-state index contributed by atoms with van der Waals surface area (Å²) in [6.07, 6.45) is 2.40. The first kappa shape index (κ1) is 19.8. The third kappa shape index (κ3) is 4.35. The topological polar surface area (TPSA) is 38.8 Å². The van der Waals surface area contributed by atoms with E-state index in [1.807, 2.05) is 36.9 Å². The number of ether oxygens (including phenoxy) is 2. The first-order valence-electron chi connectivity index (χ1n) is 9.50. The van der Waals surface area contributed by atoms with Crippen LogP contribution < -0.4 is 4.74 Å². The molecule has 4 heteroatoms. The standard InChI is InChI=1S/C21H33NO3/c1-6-22(7-2)20(23)15-21(12-13-25-19(14-21)16(3)4)17-10-8-9-11-18(17)24-5/h8-11,16,19H,6-7,12-15H2,1-5H3/t19-,21+/m0/s1. The summed E-state index contributed by atoms with van der Waals surface area (Å²) in [6.45, 7) is 10.6. The Morgan fingerprint density at radius 1 is 1.32 bits per heavy atom. The summed E-state index contributed by atoms with van der Waals surface area (Å²) in [5.41, 5.74) is 0.923. The molecule has 4 nitrogen and oxygen atoms in total. The Labute approximate surface area is 152 Å². The fourth-order valence-electron chi connectivity index (χ4n) is 3.94. The zero-order chi connectivity index (χ0) is 18.4. The Kier molecular flexibility index (Phi) is 6.88. The lowest BCUT2D eigenvalue weighted by atomic mass is 9.68. The van der Waals surface area contributed by atoms with Crippen LogP contribution in [0.25, 0.3) is 0 Å². The molecule has 2 atom stereocenters. The fraction of sp³-hybridized carbons (Fsp3) is 0.667. The van der Waals surface area contributed by atoms with E-state index in [4.69, 9.17) is 9.47 Å². The molecule has 0 unspecified atom stereocenters. The molecule has 1 heterocycles. The number of methoxy groups -OCH3 is 1. The quantitative estimate of drug-likeness (QED) is 0.747. The zero-order valence-corrected chi connectivity index (χ0v) is 16.4. The Morgan fingerprint density at radius 3 is 2.60 bits per heavy atom. The number of para-hydroxylation sites is 1. The average molecular weight is 347 g/mol. The van der Waals surface area contributed by atoms with Gasteiger partial charge in [-0.1, -0.05) is 32.0 Å². The zero-order valence-electron chi connectivity index (χ0n) is 16.4. The minimum absolute atomic E-state index is 0.170. The van der Waals surface area contributed by atoms with E-state index in [1.165, 1.54) is 0 Å². The molecule has 140 valence electrons. The maximum absolute atomic E-state index is 13.0. The number of rotatable bonds is 7. The van der Waals surface area contributed by atoms with Crippen LogP contribution in [0.1, 0.15) is 52.5 Å². The van der Waals surface area contributed by atoms with Crippen LogP contribution in [0.15, 0.2) is 24.3 Å². The molecule has 25 heavy (non-hydrogen) atoms. The highest BCUT2D eigenvalue weighted by atomic mass is 16.5. The van der Waals surface area contributed by atoms with Crippen LogP contribution in [0, 0.1) is 5.92 Å². The van der Waals surface area contributed by atoms with Gasteiger partial charge < -0.3 is 14.4 Å². The first-order valence-corrected chi connectivity index (χ1v) is 9.50. The predicted octanol–water partition coefficient (Wildman–Crippen LogP) is 4.03. The van der Waals surface area contributed by atoms with Gasteiger partial charge >= 0.3 is 0 Å². The predicted molar refractivity (Wildman–Crippen MR) is 101 cm³/mol. The van der Waals surface area contributed by atoms with Crippen LogP contribution in [0.4, 0.5) is 0 Å². The molecule has 1 aliphatic heterocycles. The van der Waals surface area contributed by atoms with Gasteiger partial charge in [0.25, 0.3) is 0 Å². The molecule has 0 aromatic heterocycles. The van der Waals surface area contributed by atoms with Crippen molar-refractivity contribution in [3.63, 3.8) is 0 Å². The molecule has 0 spiro atoms. The molecule has 1 aromatic carbocycles. The van der Waals surface area contributed by atoms with Crippen LogP contribution in [0.2, 0.25) is 0 Å². The van der Waals surface area contributed by atoms with Gasteiger partial charge in [0.1, 0.15) is 5.75 Å². The summed E-state index contributed by atoms with van der Waals surface area (Å²) in [5, 5.41) is 0. The van der Waals surface area contributed by atoms with Gasteiger partial charge in [-0.15, -0.1) is 0 Å². The van der Waals surface area contributed by atoms with Gasteiger partial charge in [0, 0.05) is 37.1 Å². The second-order valence-electron chi connectivity index (χ2n) is 7.33. The van der Waals surface area contributed by atoms with E-state index in [1.54, 1.807) is 7.11 Å². The van der Waals surface area contributed by atoms with Gasteiger partial charge in [-0.25, -0.2) is 0 Å². The van der Waals surface area contributed by atoms with Crippen molar-refractivity contribution >= 4 is 5.91 Å². The van der Waals surface area contributed by atoms with Crippen LogP contribution in [-0.4, -0.2) is 43.7 Å². The van der Waals surface area contributed by atoms with Crippen molar-refractivity contribution in [1.82, 2.24) is 4.90 Å². The Balaban J connectivity index is 2.42. The highest BCUT2D eigenvalue weighted by Gasteiger charge is 2.43. The third-order valence-corrected chi connectivity index (χ3v) is 5.53. The van der Waals surface area contributed by atoms with Crippen molar-refractivity contribution in [3.8, 4) is 5.75 Å². The van der Waals surface area contributed by atoms with Gasteiger partial charge in [-0.2, -0.15) is 0 Å². The molecule has 2 rings (SSSR count). The van der Waals surface area contributed by atoms with E-state index in [2.05, 4.69) is 19.9 Å². The fourth-order valence-corrected chi connectivity index (χ4v) is 3.94. The second-order valence-corrected chi connectivity index (χ2v) is 7.33. The number of nitrogens with zero attached hydrogens (tertiary/aromatic N) is 1. The number of amides is 1. The van der Waals surface area contributed by atoms with E-state index < -0.39 is 0 Å². The normalized spacial score (nSPS) is 23.5. The lowest BCUT2D eigenvalue weighted by Crippen LogP contribution is -2.45. The van der Waals surface area contributed by atoms with E-state index >= 15 is 0 Å². The van der Waals surface area contributed by atoms with Crippen molar-refractivity contribution in [2.24, 2.45) is 5.92 Å². The molecule has 0 N–H and O–H groups in total. The summed E-state index contributed by atoms with van der Waals surface area (Å²) in [5.74, 6) is 1.53. The number of hydrogen-bond acceptors (Lipinski definition) is 3. The van der Waals surface area contributed by atoms with E-state index in [9.17, 15) is 4.79 Å². The van der Waals surface area contributed by atoms with Gasteiger partial charge in [-0.05, 0) is 38.7 Å². The summed E-state index contributed by atoms with van der Waals surface area (Å²) >= 11 is 0. The lowest BCUT2D eigenvalue weighted by molar-refractivity contribution is -0.134. The second kappa shape index (κ2) is 8.70. The molecule has 0 bridgehead atoms. The maximum Gasteiger partial charge on any atom is 0.223 e. The number of hydrogen-bond donors (Lipinski definition) is 0. The van der Waals surface area contributed by atoms with Crippen molar-refractivity contribution in [3.05, 3.63) is 29.8 Å². The van der Waals surface area contributed by atoms with Crippen LogP contribution in [0.3, 0.4) is 0 Å². The van der Waals surface area contributed by atoms with Gasteiger partial charge in [0.15, 0.2) is 0 Å². The highest BCUT2D eigenvalue weighted by Crippen LogP contribution is 2.45. The summed E-state index contributed by atoms with van der Waals surface area (Å²) in [4.78, 5) is 14.9. The van der Waals surface area contributed by atoms with Gasteiger partial charge in [0.05, 0.1) is 13.2 Å². The number of carbonyl (C=O) groups excluding carboxylic acids is 1. The third-order valence-electron chi connectivity index (χ3n) is 5.53. The smallest absolute Gasteiger partial charge is 0.223 e. The molecule has 1 saturated heterocycles. The van der Waals surface area contributed by atoms with Crippen molar-refractivity contribution < 1.29 is 14.3 Å². The summed E-state index contributed by atoms with van der Waals surface area (Å²) < 4.78 is 11.7.